The molecule has 0 fully saturated rings. The molecule has 2 rings (SSSR count). The molecular formula is C15H19N5O2S. The molecule has 1 aromatic heterocycles. The van der Waals surface area contributed by atoms with Gasteiger partial charge in [0.25, 0.3) is 0 Å². The number of thioether (sulfide) groups is 1. The van der Waals surface area contributed by atoms with Crippen LogP contribution >= 0.6 is 11.8 Å². The Kier molecular flexibility index (Phi) is 6.16. The van der Waals surface area contributed by atoms with E-state index in [0.29, 0.717) is 18.2 Å². The maximum absolute atomic E-state index is 11.9. The quantitative estimate of drug-likeness (QED) is 0.582. The maximum atomic E-state index is 11.9. The molecule has 1 atom stereocenters. The Labute approximate surface area is 139 Å². The highest BCUT2D eigenvalue weighted by Crippen LogP contribution is 2.21. The number of hydrogen-bond donors (Lipinski definition) is 1. The van der Waals surface area contributed by atoms with E-state index in [2.05, 4.69) is 27.4 Å². The average molecular weight is 333 g/mol. The lowest BCUT2D eigenvalue weighted by atomic mass is 10.2. The van der Waals surface area contributed by atoms with Crippen LogP contribution in [0.1, 0.15) is 12.5 Å². The van der Waals surface area contributed by atoms with Crippen LogP contribution in [0.2, 0.25) is 0 Å². The van der Waals surface area contributed by atoms with Crippen LogP contribution in [0.5, 0.6) is 5.75 Å². The molecule has 0 aliphatic heterocycles. The molecule has 2 aromatic rings. The van der Waals surface area contributed by atoms with Gasteiger partial charge in [-0.15, -0.1) is 11.7 Å². The molecule has 1 N–H and O–H groups in total. The van der Waals surface area contributed by atoms with Crippen LogP contribution in [-0.2, 0) is 11.3 Å². The summed E-state index contributed by atoms with van der Waals surface area (Å²) in [7, 11) is 1.63. The molecule has 0 saturated carbocycles. The summed E-state index contributed by atoms with van der Waals surface area (Å²) in [6.45, 7) is 6.36. The summed E-state index contributed by atoms with van der Waals surface area (Å²) in [5, 5.41) is 14.7. The van der Waals surface area contributed by atoms with E-state index in [-0.39, 0.29) is 11.2 Å². The SMILES string of the molecule is C=CCNC(=O)C(C)Sc1nnnn1Cc1ccc(OC)cc1. The van der Waals surface area contributed by atoms with Gasteiger partial charge in [-0.3, -0.25) is 4.79 Å². The predicted octanol–water partition coefficient (Wildman–Crippen LogP) is 1.51. The highest BCUT2D eigenvalue weighted by Gasteiger charge is 2.18. The normalized spacial score (nSPS) is 11.7. The minimum atomic E-state index is -0.296. The van der Waals surface area contributed by atoms with Gasteiger partial charge < -0.3 is 10.1 Å². The Bertz CT molecular complexity index is 656. The molecule has 8 heteroatoms. The third kappa shape index (κ3) is 4.82. The largest absolute Gasteiger partial charge is 0.497 e. The van der Waals surface area contributed by atoms with Crippen LogP contribution in [0.25, 0.3) is 0 Å². The predicted molar refractivity (Wildman–Crippen MR) is 88.4 cm³/mol. The third-order valence-corrected chi connectivity index (χ3v) is 4.13. The topological polar surface area (TPSA) is 81.9 Å². The molecule has 1 aromatic carbocycles. The van der Waals surface area contributed by atoms with Crippen molar-refractivity contribution in [2.45, 2.75) is 23.9 Å². The Hall–Kier alpha value is -2.35. The molecule has 0 bridgehead atoms. The summed E-state index contributed by atoms with van der Waals surface area (Å²) in [5.41, 5.74) is 1.05. The zero-order valence-electron chi connectivity index (χ0n) is 13.1. The molecule has 23 heavy (non-hydrogen) atoms. The van der Waals surface area contributed by atoms with Crippen LogP contribution in [0.3, 0.4) is 0 Å². The zero-order valence-corrected chi connectivity index (χ0v) is 13.9. The van der Waals surface area contributed by atoms with E-state index in [4.69, 9.17) is 4.74 Å². The number of carbonyl (C=O) groups is 1. The van der Waals surface area contributed by atoms with Gasteiger partial charge in [-0.05, 0) is 35.0 Å². The van der Waals surface area contributed by atoms with Crippen molar-refractivity contribution in [3.05, 3.63) is 42.5 Å². The molecule has 1 amide bonds. The van der Waals surface area contributed by atoms with E-state index >= 15 is 0 Å². The highest BCUT2D eigenvalue weighted by molar-refractivity contribution is 8.00. The number of carbonyl (C=O) groups excluding carboxylic acids is 1. The van der Waals surface area contributed by atoms with Crippen LogP contribution in [0.15, 0.2) is 42.1 Å². The fourth-order valence-corrected chi connectivity index (χ4v) is 2.63. The summed E-state index contributed by atoms with van der Waals surface area (Å²) in [6, 6.07) is 7.68. The minimum absolute atomic E-state index is 0.0751. The number of ether oxygens (including phenoxy) is 1. The van der Waals surface area contributed by atoms with Crippen molar-refractivity contribution in [2.24, 2.45) is 0 Å². The first kappa shape index (κ1) is 17.0. The second-order valence-electron chi connectivity index (χ2n) is 4.76. The van der Waals surface area contributed by atoms with Crippen molar-refractivity contribution >= 4 is 17.7 Å². The standard InChI is InChI=1S/C15H19N5O2S/c1-4-9-16-14(21)11(2)23-15-17-18-19-20(15)10-12-5-7-13(22-3)8-6-12/h4-8,11H,1,9-10H2,2-3H3,(H,16,21). The lowest BCUT2D eigenvalue weighted by molar-refractivity contribution is -0.120. The van der Waals surface area contributed by atoms with Gasteiger partial charge in [-0.25, -0.2) is 4.68 Å². The highest BCUT2D eigenvalue weighted by atomic mass is 32.2. The van der Waals surface area contributed by atoms with Crippen molar-refractivity contribution < 1.29 is 9.53 Å². The molecule has 1 unspecified atom stereocenters. The van der Waals surface area contributed by atoms with Gasteiger partial charge >= 0.3 is 0 Å². The van der Waals surface area contributed by atoms with E-state index in [0.717, 1.165) is 11.3 Å². The second kappa shape index (κ2) is 8.33. The number of amides is 1. The molecule has 0 aliphatic rings. The van der Waals surface area contributed by atoms with Gasteiger partial charge in [0, 0.05) is 6.54 Å². The number of nitrogens with zero attached hydrogens (tertiary/aromatic N) is 4. The molecule has 1 heterocycles. The van der Waals surface area contributed by atoms with Gasteiger partial charge in [0.15, 0.2) is 0 Å². The zero-order chi connectivity index (χ0) is 16.7. The Morgan fingerprint density at radius 1 is 1.48 bits per heavy atom. The van der Waals surface area contributed by atoms with Crippen molar-refractivity contribution in [3.63, 3.8) is 0 Å². The number of methoxy groups -OCH3 is 1. The number of rotatable bonds is 8. The molecule has 0 aliphatic carbocycles. The number of benzene rings is 1. The van der Waals surface area contributed by atoms with E-state index < -0.39 is 0 Å². The first-order valence-electron chi connectivity index (χ1n) is 7.08. The Morgan fingerprint density at radius 3 is 2.87 bits per heavy atom. The average Bonchev–Trinajstić information content (AvgIpc) is 3.00. The van der Waals surface area contributed by atoms with E-state index in [1.807, 2.05) is 31.2 Å². The summed E-state index contributed by atoms with van der Waals surface area (Å²) in [5.74, 6) is 0.724. The summed E-state index contributed by atoms with van der Waals surface area (Å²) >= 11 is 1.32. The van der Waals surface area contributed by atoms with Gasteiger partial charge in [0.1, 0.15) is 5.75 Å². The van der Waals surface area contributed by atoms with Gasteiger partial charge in [0.05, 0.1) is 18.9 Å². The van der Waals surface area contributed by atoms with Crippen LogP contribution in [0.4, 0.5) is 0 Å². The van der Waals surface area contributed by atoms with Gasteiger partial charge in [-0.2, -0.15) is 0 Å². The van der Waals surface area contributed by atoms with Crippen LogP contribution in [0, 0.1) is 0 Å². The summed E-state index contributed by atoms with van der Waals surface area (Å²) in [6.07, 6.45) is 1.64. The molecular weight excluding hydrogens is 314 g/mol. The monoisotopic (exact) mass is 333 g/mol. The minimum Gasteiger partial charge on any atom is -0.497 e. The van der Waals surface area contributed by atoms with Crippen LogP contribution in [-0.4, -0.2) is 45.0 Å². The number of nitrogens with one attached hydrogen (secondary N) is 1. The molecule has 7 nitrogen and oxygen atoms in total. The first-order valence-corrected chi connectivity index (χ1v) is 7.96. The number of aromatic nitrogens is 4. The van der Waals surface area contributed by atoms with Gasteiger partial charge in [0.2, 0.25) is 11.1 Å². The maximum Gasteiger partial charge on any atom is 0.233 e. The second-order valence-corrected chi connectivity index (χ2v) is 6.07. The lowest BCUT2D eigenvalue weighted by Crippen LogP contribution is -2.31. The fourth-order valence-electron chi connectivity index (χ4n) is 1.81. The van der Waals surface area contributed by atoms with Crippen molar-refractivity contribution in [1.29, 1.82) is 0 Å². The van der Waals surface area contributed by atoms with E-state index in [9.17, 15) is 4.79 Å². The number of tetrazole rings is 1. The Balaban J connectivity index is 2.01. The molecule has 0 radical (unpaired) electrons. The number of hydrogen-bond acceptors (Lipinski definition) is 6. The van der Waals surface area contributed by atoms with Crippen molar-refractivity contribution in [2.75, 3.05) is 13.7 Å². The summed E-state index contributed by atoms with van der Waals surface area (Å²) < 4.78 is 6.81. The smallest absolute Gasteiger partial charge is 0.233 e. The summed E-state index contributed by atoms with van der Waals surface area (Å²) in [4.78, 5) is 11.9. The third-order valence-electron chi connectivity index (χ3n) is 3.06. The Morgan fingerprint density at radius 2 is 2.22 bits per heavy atom. The fraction of sp³-hybridized carbons (Fsp3) is 0.333. The van der Waals surface area contributed by atoms with E-state index in [1.54, 1.807) is 17.9 Å². The van der Waals surface area contributed by atoms with Crippen LogP contribution < -0.4 is 10.1 Å². The first-order chi connectivity index (χ1) is 11.1. The van der Waals surface area contributed by atoms with Crippen molar-refractivity contribution in [3.8, 4) is 5.75 Å². The van der Waals surface area contributed by atoms with Crippen molar-refractivity contribution in [1.82, 2.24) is 25.5 Å². The van der Waals surface area contributed by atoms with E-state index in [1.165, 1.54) is 11.8 Å². The molecule has 0 saturated heterocycles. The van der Waals surface area contributed by atoms with Gasteiger partial charge in [-0.1, -0.05) is 30.0 Å². The molecule has 122 valence electrons. The molecule has 0 spiro atoms. The lowest BCUT2D eigenvalue weighted by Gasteiger charge is -2.10.